The summed E-state index contributed by atoms with van der Waals surface area (Å²) in [4.78, 5) is 12.9. The molecule has 0 saturated carbocycles. The van der Waals surface area contributed by atoms with Crippen LogP contribution in [0.4, 0.5) is 11.4 Å². The molecule has 3 rings (SSSR count). The third-order valence-electron chi connectivity index (χ3n) is 3.72. The molecule has 0 spiro atoms. The molecule has 0 aliphatic carbocycles. The van der Waals surface area contributed by atoms with Gasteiger partial charge in [-0.1, -0.05) is 6.92 Å². The van der Waals surface area contributed by atoms with Crippen molar-refractivity contribution in [3.63, 3.8) is 0 Å². The van der Waals surface area contributed by atoms with Crippen molar-refractivity contribution in [2.45, 2.75) is 16.7 Å². The molecule has 0 bridgehead atoms. The first-order valence-corrected chi connectivity index (χ1v) is 9.96. The molecule has 0 unspecified atom stereocenters. The van der Waals surface area contributed by atoms with Crippen LogP contribution in [-0.2, 0) is 14.8 Å². The van der Waals surface area contributed by atoms with Crippen molar-refractivity contribution in [1.29, 1.82) is 5.26 Å². The van der Waals surface area contributed by atoms with E-state index >= 15 is 0 Å². The Morgan fingerprint density at radius 3 is 2.64 bits per heavy atom. The third kappa shape index (κ3) is 3.78. The maximum absolute atomic E-state index is 12.6. The van der Waals surface area contributed by atoms with Gasteiger partial charge in [0.1, 0.15) is 0 Å². The molecule has 0 radical (unpaired) electrons. The SMILES string of the molecule is C[C@@H]1CSc2ccc(S(=O)(=O)Nc3ccc(C#N)cc3)cc2NC1=O. The Hall–Kier alpha value is -2.50. The molecule has 8 heteroatoms. The third-order valence-corrected chi connectivity index (χ3v) is 6.43. The first kappa shape index (κ1) is 17.3. The minimum atomic E-state index is -3.80. The highest BCUT2D eigenvalue weighted by molar-refractivity contribution is 7.99. The molecule has 1 amide bonds. The van der Waals surface area contributed by atoms with Crippen LogP contribution in [0.2, 0.25) is 0 Å². The summed E-state index contributed by atoms with van der Waals surface area (Å²) in [5, 5.41) is 11.6. The fourth-order valence-corrected chi connectivity index (χ4v) is 4.37. The highest BCUT2D eigenvalue weighted by Crippen LogP contribution is 2.34. The summed E-state index contributed by atoms with van der Waals surface area (Å²) in [5.41, 5.74) is 1.31. The van der Waals surface area contributed by atoms with Crippen LogP contribution >= 0.6 is 11.8 Å². The second-order valence-electron chi connectivity index (χ2n) is 5.65. The number of sulfonamides is 1. The van der Waals surface area contributed by atoms with E-state index < -0.39 is 10.0 Å². The number of nitriles is 1. The smallest absolute Gasteiger partial charge is 0.261 e. The van der Waals surface area contributed by atoms with Crippen molar-refractivity contribution in [3.8, 4) is 6.07 Å². The number of benzene rings is 2. The maximum Gasteiger partial charge on any atom is 0.261 e. The summed E-state index contributed by atoms with van der Waals surface area (Å²) in [6.07, 6.45) is 0. The van der Waals surface area contributed by atoms with Crippen LogP contribution in [-0.4, -0.2) is 20.1 Å². The summed E-state index contributed by atoms with van der Waals surface area (Å²) < 4.78 is 27.6. The number of amides is 1. The van der Waals surface area contributed by atoms with Crippen LogP contribution in [0.25, 0.3) is 0 Å². The number of carbonyl (C=O) groups excluding carboxylic acids is 1. The molecule has 25 heavy (non-hydrogen) atoms. The Labute approximate surface area is 150 Å². The number of hydrogen-bond acceptors (Lipinski definition) is 5. The van der Waals surface area contributed by atoms with Crippen molar-refractivity contribution >= 4 is 39.1 Å². The van der Waals surface area contributed by atoms with E-state index in [9.17, 15) is 13.2 Å². The van der Waals surface area contributed by atoms with Crippen molar-refractivity contribution in [1.82, 2.24) is 0 Å². The molecule has 2 aromatic carbocycles. The zero-order valence-electron chi connectivity index (χ0n) is 13.3. The van der Waals surface area contributed by atoms with E-state index in [1.54, 1.807) is 6.07 Å². The number of carbonyl (C=O) groups is 1. The first-order valence-electron chi connectivity index (χ1n) is 7.50. The highest BCUT2D eigenvalue weighted by Gasteiger charge is 2.23. The lowest BCUT2D eigenvalue weighted by atomic mass is 10.2. The summed E-state index contributed by atoms with van der Waals surface area (Å²) in [6.45, 7) is 1.83. The quantitative estimate of drug-likeness (QED) is 0.861. The molecule has 2 N–H and O–H groups in total. The molecule has 1 aliphatic heterocycles. The standard InChI is InChI=1S/C17H15N3O3S2/c1-11-10-24-16-7-6-14(8-15(16)19-17(11)21)25(22,23)20-13-4-2-12(9-18)3-5-13/h2-8,11,20H,10H2,1H3,(H,19,21)/t11-/m1/s1. The minimum Gasteiger partial charge on any atom is -0.325 e. The van der Waals surface area contributed by atoms with Gasteiger partial charge in [-0.05, 0) is 42.5 Å². The van der Waals surface area contributed by atoms with Crippen LogP contribution in [0, 0.1) is 17.2 Å². The van der Waals surface area contributed by atoms with Gasteiger partial charge in [-0.15, -0.1) is 11.8 Å². The molecule has 1 atom stereocenters. The monoisotopic (exact) mass is 373 g/mol. The van der Waals surface area contributed by atoms with E-state index in [4.69, 9.17) is 5.26 Å². The van der Waals surface area contributed by atoms with E-state index in [-0.39, 0.29) is 16.7 Å². The molecule has 2 aromatic rings. The summed E-state index contributed by atoms with van der Waals surface area (Å²) >= 11 is 1.52. The predicted molar refractivity (Wildman–Crippen MR) is 96.9 cm³/mol. The van der Waals surface area contributed by atoms with Gasteiger partial charge in [0.05, 0.1) is 22.2 Å². The molecule has 1 heterocycles. The topological polar surface area (TPSA) is 99.1 Å². The summed E-state index contributed by atoms with van der Waals surface area (Å²) in [5.74, 6) is 0.379. The maximum atomic E-state index is 12.6. The number of thioether (sulfide) groups is 1. The van der Waals surface area contributed by atoms with E-state index in [1.165, 1.54) is 48.2 Å². The number of hydrogen-bond donors (Lipinski definition) is 2. The van der Waals surface area contributed by atoms with Gasteiger partial charge in [0.25, 0.3) is 10.0 Å². The molecular formula is C17H15N3O3S2. The van der Waals surface area contributed by atoms with Crippen molar-refractivity contribution in [2.24, 2.45) is 5.92 Å². The Kier molecular flexibility index (Phi) is 4.70. The van der Waals surface area contributed by atoms with Crippen LogP contribution in [0.15, 0.2) is 52.3 Å². The number of nitrogens with zero attached hydrogens (tertiary/aromatic N) is 1. The van der Waals surface area contributed by atoms with Gasteiger partial charge >= 0.3 is 0 Å². The Bertz CT molecular complexity index is 964. The number of fused-ring (bicyclic) bond motifs is 1. The van der Waals surface area contributed by atoms with Crippen molar-refractivity contribution < 1.29 is 13.2 Å². The second kappa shape index (κ2) is 6.78. The van der Waals surface area contributed by atoms with E-state index in [0.29, 0.717) is 22.7 Å². The summed E-state index contributed by atoms with van der Waals surface area (Å²) in [7, 11) is -3.80. The van der Waals surface area contributed by atoms with Gasteiger partial charge < -0.3 is 5.32 Å². The fraction of sp³-hybridized carbons (Fsp3) is 0.176. The van der Waals surface area contributed by atoms with Gasteiger partial charge in [0.15, 0.2) is 0 Å². The van der Waals surface area contributed by atoms with Crippen molar-refractivity contribution in [3.05, 3.63) is 48.0 Å². The summed E-state index contributed by atoms with van der Waals surface area (Å²) in [6, 6.07) is 12.8. The lowest BCUT2D eigenvalue weighted by Crippen LogP contribution is -2.20. The predicted octanol–water partition coefficient (Wildman–Crippen LogP) is 3.04. The molecule has 128 valence electrons. The minimum absolute atomic E-state index is 0.0612. The average molecular weight is 373 g/mol. The van der Waals surface area contributed by atoms with E-state index in [2.05, 4.69) is 10.0 Å². The van der Waals surface area contributed by atoms with Crippen LogP contribution in [0.1, 0.15) is 12.5 Å². The number of rotatable bonds is 3. The van der Waals surface area contributed by atoms with Gasteiger partial charge in [-0.25, -0.2) is 8.42 Å². The molecule has 0 fully saturated rings. The number of anilines is 2. The lowest BCUT2D eigenvalue weighted by Gasteiger charge is -2.11. The molecule has 0 saturated heterocycles. The Morgan fingerprint density at radius 2 is 1.96 bits per heavy atom. The normalized spacial score (nSPS) is 17.0. The average Bonchev–Trinajstić information content (AvgIpc) is 2.74. The molecule has 6 nitrogen and oxygen atoms in total. The fourth-order valence-electron chi connectivity index (χ4n) is 2.27. The van der Waals surface area contributed by atoms with Crippen LogP contribution in [0.5, 0.6) is 0 Å². The second-order valence-corrected chi connectivity index (χ2v) is 8.40. The van der Waals surface area contributed by atoms with Gasteiger partial charge in [-0.2, -0.15) is 5.26 Å². The molecule has 1 aliphatic rings. The zero-order chi connectivity index (χ0) is 18.0. The van der Waals surface area contributed by atoms with Crippen molar-refractivity contribution in [2.75, 3.05) is 15.8 Å². The zero-order valence-corrected chi connectivity index (χ0v) is 14.9. The van der Waals surface area contributed by atoms with Crippen LogP contribution < -0.4 is 10.0 Å². The van der Waals surface area contributed by atoms with E-state index in [1.807, 2.05) is 13.0 Å². The largest absolute Gasteiger partial charge is 0.325 e. The Balaban J connectivity index is 1.89. The highest BCUT2D eigenvalue weighted by atomic mass is 32.2. The van der Waals surface area contributed by atoms with E-state index in [0.717, 1.165) is 4.90 Å². The van der Waals surface area contributed by atoms with Gasteiger partial charge in [-0.3, -0.25) is 9.52 Å². The molecule has 0 aromatic heterocycles. The van der Waals surface area contributed by atoms with Gasteiger partial charge in [0, 0.05) is 22.3 Å². The molecular weight excluding hydrogens is 358 g/mol. The lowest BCUT2D eigenvalue weighted by molar-refractivity contribution is -0.118. The number of nitrogens with one attached hydrogen (secondary N) is 2. The Morgan fingerprint density at radius 1 is 1.24 bits per heavy atom. The first-order chi connectivity index (χ1) is 11.9. The van der Waals surface area contributed by atoms with Gasteiger partial charge in [0.2, 0.25) is 5.91 Å². The van der Waals surface area contributed by atoms with Crippen LogP contribution in [0.3, 0.4) is 0 Å².